The number of hydrogen-bond acceptors (Lipinski definition) is 3. The van der Waals surface area contributed by atoms with Crippen LogP contribution in [0.1, 0.15) is 50.5 Å². The molecule has 0 atom stereocenters. The predicted molar refractivity (Wildman–Crippen MR) is 103 cm³/mol. The van der Waals surface area contributed by atoms with E-state index in [2.05, 4.69) is 5.32 Å². The molecule has 0 aliphatic rings. The lowest BCUT2D eigenvalue weighted by atomic mass is 9.98. The van der Waals surface area contributed by atoms with Gasteiger partial charge in [-0.1, -0.05) is 36.4 Å². The summed E-state index contributed by atoms with van der Waals surface area (Å²) < 4.78 is 20.0. The van der Waals surface area contributed by atoms with Crippen LogP contribution in [0.15, 0.2) is 54.2 Å². The molecule has 0 radical (unpaired) electrons. The second-order valence-electron chi connectivity index (χ2n) is 7.18. The lowest BCUT2D eigenvalue weighted by Gasteiger charge is -2.20. The first-order chi connectivity index (χ1) is 12.2. The fourth-order valence-electron chi connectivity index (χ4n) is 2.44. The highest BCUT2D eigenvalue weighted by atomic mass is 19.1. The Bertz CT molecular complexity index is 819. The van der Waals surface area contributed by atoms with Gasteiger partial charge in [-0.25, -0.2) is 9.18 Å². The molecule has 0 saturated carbocycles. The fraction of sp³-hybridized carbons (Fsp3) is 0.318. The number of nitrogens with one attached hydrogen (secondary N) is 1. The summed E-state index contributed by atoms with van der Waals surface area (Å²) >= 11 is 0. The first kappa shape index (κ1) is 19.7. The average Bonchev–Trinajstić information content (AvgIpc) is 2.58. The highest BCUT2D eigenvalue weighted by Gasteiger charge is 2.21. The third-order valence-electron chi connectivity index (χ3n) is 3.90. The van der Waals surface area contributed by atoms with Crippen LogP contribution in [-0.4, -0.2) is 11.6 Å². The zero-order chi connectivity index (χ0) is 19.3. The number of esters is 1. The molecular weight excluding hydrogens is 329 g/mol. The van der Waals surface area contributed by atoms with Gasteiger partial charge in [0.15, 0.2) is 0 Å². The van der Waals surface area contributed by atoms with Gasteiger partial charge >= 0.3 is 5.97 Å². The zero-order valence-corrected chi connectivity index (χ0v) is 16.0. The summed E-state index contributed by atoms with van der Waals surface area (Å²) in [6.07, 6.45) is 1.93. The molecule has 0 saturated heterocycles. The van der Waals surface area contributed by atoms with Crippen LogP contribution in [0.3, 0.4) is 0 Å². The molecule has 138 valence electrons. The second kappa shape index (κ2) is 8.17. The summed E-state index contributed by atoms with van der Waals surface area (Å²) in [6, 6.07) is 12.1. The molecule has 2 aromatic rings. The molecule has 0 aliphatic heterocycles. The van der Waals surface area contributed by atoms with Gasteiger partial charge < -0.3 is 10.1 Å². The maximum atomic E-state index is 14.5. The lowest BCUT2D eigenvalue weighted by Crippen LogP contribution is -2.24. The van der Waals surface area contributed by atoms with Crippen LogP contribution in [0.25, 0.3) is 11.1 Å². The maximum absolute atomic E-state index is 14.5. The molecule has 0 amide bonds. The van der Waals surface area contributed by atoms with Crippen molar-refractivity contribution in [3.05, 3.63) is 71.2 Å². The van der Waals surface area contributed by atoms with Crippen molar-refractivity contribution in [1.82, 2.24) is 5.32 Å². The van der Waals surface area contributed by atoms with Gasteiger partial charge in [-0.05, 0) is 57.9 Å². The van der Waals surface area contributed by atoms with Crippen LogP contribution in [0.5, 0.6) is 0 Å². The van der Waals surface area contributed by atoms with Crippen molar-refractivity contribution in [3.63, 3.8) is 0 Å². The van der Waals surface area contributed by atoms with E-state index in [1.807, 2.05) is 52.8 Å². The van der Waals surface area contributed by atoms with Crippen molar-refractivity contribution >= 4 is 5.97 Å². The number of benzene rings is 2. The quantitative estimate of drug-likeness (QED) is 0.724. The molecule has 4 heteroatoms. The number of ether oxygens (including phenoxy) is 1. The number of allylic oxidation sites excluding steroid dienone is 2. The van der Waals surface area contributed by atoms with Crippen LogP contribution in [0, 0.1) is 5.82 Å². The summed E-state index contributed by atoms with van der Waals surface area (Å²) in [4.78, 5) is 12.5. The van der Waals surface area contributed by atoms with Gasteiger partial charge in [0.2, 0.25) is 0 Å². The van der Waals surface area contributed by atoms with Crippen LogP contribution in [-0.2, 0) is 11.3 Å². The van der Waals surface area contributed by atoms with Crippen molar-refractivity contribution in [1.29, 1.82) is 0 Å². The monoisotopic (exact) mass is 355 g/mol. The predicted octanol–water partition coefficient (Wildman–Crippen LogP) is 5.46. The number of carbonyl (C=O) groups is 1. The molecule has 0 fully saturated rings. The topological polar surface area (TPSA) is 38.3 Å². The largest absolute Gasteiger partial charge is 0.456 e. The van der Waals surface area contributed by atoms with Crippen molar-refractivity contribution in [2.45, 2.75) is 46.8 Å². The highest BCUT2D eigenvalue weighted by Crippen LogP contribution is 2.27. The molecule has 2 rings (SSSR count). The Morgan fingerprint density at radius 1 is 1.19 bits per heavy atom. The minimum atomic E-state index is -0.588. The summed E-state index contributed by atoms with van der Waals surface area (Å²) in [6.45, 7) is 9.74. The van der Waals surface area contributed by atoms with E-state index < -0.39 is 11.6 Å². The summed E-state index contributed by atoms with van der Waals surface area (Å²) in [5.41, 5.74) is 2.71. The van der Waals surface area contributed by atoms with E-state index in [4.69, 9.17) is 4.74 Å². The average molecular weight is 355 g/mol. The first-order valence-corrected chi connectivity index (χ1v) is 8.69. The Labute approximate surface area is 154 Å². The molecule has 1 N–H and O–H groups in total. The Hall–Kier alpha value is -2.62. The van der Waals surface area contributed by atoms with Gasteiger partial charge in [-0.15, -0.1) is 0 Å². The van der Waals surface area contributed by atoms with E-state index in [9.17, 15) is 9.18 Å². The molecule has 0 spiro atoms. The SMILES string of the molecule is C/C=C(\C)NCc1ccc(-c2ccccc2C(=O)OC(C)(C)C)cc1F. The van der Waals surface area contributed by atoms with Crippen molar-refractivity contribution in [2.75, 3.05) is 0 Å². The lowest BCUT2D eigenvalue weighted by molar-refractivity contribution is 0.00704. The number of hydrogen-bond donors (Lipinski definition) is 1. The molecule has 0 aromatic heterocycles. The van der Waals surface area contributed by atoms with Gasteiger partial charge in [-0.2, -0.15) is 0 Å². The van der Waals surface area contributed by atoms with Gasteiger partial charge in [0.05, 0.1) is 5.56 Å². The highest BCUT2D eigenvalue weighted by molar-refractivity contribution is 5.97. The number of carbonyl (C=O) groups excluding carboxylic acids is 1. The maximum Gasteiger partial charge on any atom is 0.339 e. The Balaban J connectivity index is 2.32. The van der Waals surface area contributed by atoms with E-state index in [1.54, 1.807) is 24.3 Å². The van der Waals surface area contributed by atoms with E-state index in [0.29, 0.717) is 28.8 Å². The molecule has 0 bridgehead atoms. The van der Waals surface area contributed by atoms with Crippen molar-refractivity contribution in [2.24, 2.45) is 0 Å². The minimum Gasteiger partial charge on any atom is -0.456 e. The Morgan fingerprint density at radius 2 is 1.88 bits per heavy atom. The van der Waals surface area contributed by atoms with Gasteiger partial charge in [-0.3, -0.25) is 0 Å². The van der Waals surface area contributed by atoms with Crippen molar-refractivity contribution in [3.8, 4) is 11.1 Å². The molecular formula is C22H26FNO2. The van der Waals surface area contributed by atoms with Gasteiger partial charge in [0.25, 0.3) is 0 Å². The summed E-state index contributed by atoms with van der Waals surface area (Å²) in [5.74, 6) is -0.721. The van der Waals surface area contributed by atoms with E-state index in [1.165, 1.54) is 6.07 Å². The van der Waals surface area contributed by atoms with Crippen molar-refractivity contribution < 1.29 is 13.9 Å². The molecule has 2 aromatic carbocycles. The standard InChI is InChI=1S/C22H26FNO2/c1-6-15(2)24-14-17-12-11-16(13-20(17)23)18-9-7-8-10-19(18)21(25)26-22(3,4)5/h6-13,24H,14H2,1-5H3/b15-6+. The first-order valence-electron chi connectivity index (χ1n) is 8.69. The minimum absolute atomic E-state index is 0.308. The zero-order valence-electron chi connectivity index (χ0n) is 16.0. The summed E-state index contributed by atoms with van der Waals surface area (Å²) in [5, 5.41) is 3.15. The van der Waals surface area contributed by atoms with Crippen LogP contribution >= 0.6 is 0 Å². The van der Waals surface area contributed by atoms with Crippen LogP contribution in [0.4, 0.5) is 4.39 Å². The third kappa shape index (κ3) is 5.19. The molecule has 26 heavy (non-hydrogen) atoms. The van der Waals surface area contributed by atoms with E-state index in [-0.39, 0.29) is 5.82 Å². The third-order valence-corrected chi connectivity index (χ3v) is 3.90. The molecule has 0 heterocycles. The van der Waals surface area contributed by atoms with Gasteiger partial charge in [0, 0.05) is 17.8 Å². The Kier molecular flexibility index (Phi) is 6.19. The van der Waals surface area contributed by atoms with Gasteiger partial charge in [0.1, 0.15) is 11.4 Å². The van der Waals surface area contributed by atoms with Crippen LogP contribution < -0.4 is 5.32 Å². The molecule has 3 nitrogen and oxygen atoms in total. The Morgan fingerprint density at radius 3 is 2.50 bits per heavy atom. The fourth-order valence-corrected chi connectivity index (χ4v) is 2.44. The number of rotatable bonds is 5. The summed E-state index contributed by atoms with van der Waals surface area (Å²) in [7, 11) is 0. The van der Waals surface area contributed by atoms with Crippen LogP contribution in [0.2, 0.25) is 0 Å². The van der Waals surface area contributed by atoms with E-state index >= 15 is 0 Å². The smallest absolute Gasteiger partial charge is 0.339 e. The molecule has 0 aliphatic carbocycles. The van der Waals surface area contributed by atoms with E-state index in [0.717, 1.165) is 5.70 Å². The molecule has 0 unspecified atom stereocenters. The normalized spacial score (nSPS) is 12.0. The number of halogens is 1. The second-order valence-corrected chi connectivity index (χ2v) is 7.18.